The van der Waals surface area contributed by atoms with Crippen LogP contribution in [0.25, 0.3) is 10.4 Å². The van der Waals surface area contributed by atoms with Crippen molar-refractivity contribution in [2.45, 2.75) is 0 Å². The van der Waals surface area contributed by atoms with Crippen LogP contribution in [0.15, 0.2) is 40.9 Å². The minimum Gasteiger partial charge on any atom is -0.289 e. The third-order valence-corrected chi connectivity index (χ3v) is 3.75. The van der Waals surface area contributed by atoms with Gasteiger partial charge in [0.05, 0.1) is 4.88 Å². The number of nitrogen functional groups attached to an aromatic ring is 1. The number of hydrazine groups is 1. The Balaban J connectivity index is 2.31. The van der Waals surface area contributed by atoms with Crippen molar-refractivity contribution in [3.05, 3.63) is 45.7 Å². The Labute approximate surface area is 105 Å². The molecule has 0 aliphatic heterocycles. The highest BCUT2D eigenvalue weighted by Crippen LogP contribution is 2.28. The molecule has 5 heteroatoms. The first-order valence-electron chi connectivity index (χ1n) is 4.57. The van der Waals surface area contributed by atoms with E-state index in [1.54, 1.807) is 6.07 Å². The molecule has 0 aliphatic carbocycles. The maximum atomic E-state index is 11.3. The summed E-state index contributed by atoms with van der Waals surface area (Å²) in [6, 6.07) is 11.6. The van der Waals surface area contributed by atoms with Crippen LogP contribution in [0.3, 0.4) is 0 Å². The van der Waals surface area contributed by atoms with Crippen molar-refractivity contribution in [3.63, 3.8) is 0 Å². The molecule has 1 heterocycles. The summed E-state index contributed by atoms with van der Waals surface area (Å²) < 4.78 is 1.03. The number of benzene rings is 1. The van der Waals surface area contributed by atoms with Gasteiger partial charge in [-0.1, -0.05) is 28.1 Å². The van der Waals surface area contributed by atoms with Gasteiger partial charge in [-0.05, 0) is 29.8 Å². The van der Waals surface area contributed by atoms with Gasteiger partial charge in [0.15, 0.2) is 0 Å². The minimum atomic E-state index is -0.256. The molecule has 0 atom stereocenters. The molecule has 1 amide bonds. The molecule has 0 bridgehead atoms. The normalized spacial score (nSPS) is 10.1. The Morgan fingerprint density at radius 3 is 2.50 bits per heavy atom. The molecule has 0 saturated carbocycles. The van der Waals surface area contributed by atoms with E-state index in [4.69, 9.17) is 5.84 Å². The fourth-order valence-corrected chi connectivity index (χ4v) is 2.48. The van der Waals surface area contributed by atoms with Crippen molar-refractivity contribution in [2.75, 3.05) is 0 Å². The quantitative estimate of drug-likeness (QED) is 0.509. The average Bonchev–Trinajstić information content (AvgIpc) is 2.78. The van der Waals surface area contributed by atoms with Crippen LogP contribution < -0.4 is 11.3 Å². The van der Waals surface area contributed by atoms with Gasteiger partial charge in [0.25, 0.3) is 5.91 Å². The highest BCUT2D eigenvalue weighted by Gasteiger charge is 2.08. The fourth-order valence-electron chi connectivity index (χ4n) is 1.30. The molecule has 0 radical (unpaired) electrons. The van der Waals surface area contributed by atoms with Crippen LogP contribution in [0.5, 0.6) is 0 Å². The van der Waals surface area contributed by atoms with Gasteiger partial charge in [0, 0.05) is 9.35 Å². The Bertz CT molecular complexity index is 507. The summed E-state index contributed by atoms with van der Waals surface area (Å²) in [4.78, 5) is 12.9. The van der Waals surface area contributed by atoms with Crippen molar-refractivity contribution in [3.8, 4) is 10.4 Å². The standard InChI is InChI=1S/C11H9BrN2OS/c12-8-3-1-7(2-4-8)9-5-6-10(16-9)11(15)14-13/h1-6H,13H2,(H,14,15). The zero-order valence-corrected chi connectivity index (χ0v) is 10.6. The number of amides is 1. The first kappa shape index (κ1) is 11.3. The highest BCUT2D eigenvalue weighted by molar-refractivity contribution is 9.10. The lowest BCUT2D eigenvalue weighted by Gasteiger charge is -1.97. The molecule has 1 aromatic heterocycles. The van der Waals surface area contributed by atoms with Crippen LogP contribution in [-0.2, 0) is 0 Å². The third-order valence-electron chi connectivity index (χ3n) is 2.09. The number of thiophene rings is 1. The second kappa shape index (κ2) is 4.78. The molecule has 0 unspecified atom stereocenters. The maximum absolute atomic E-state index is 11.3. The van der Waals surface area contributed by atoms with Crippen LogP contribution in [-0.4, -0.2) is 5.91 Å². The molecule has 2 rings (SSSR count). The number of halogens is 1. The molecular weight excluding hydrogens is 288 g/mol. The summed E-state index contributed by atoms with van der Waals surface area (Å²) in [5.74, 6) is 4.82. The van der Waals surface area contributed by atoms with Gasteiger partial charge in [0.2, 0.25) is 0 Å². The summed E-state index contributed by atoms with van der Waals surface area (Å²) in [7, 11) is 0. The lowest BCUT2D eigenvalue weighted by molar-refractivity contribution is 0.0957. The average molecular weight is 297 g/mol. The van der Waals surface area contributed by atoms with Crippen molar-refractivity contribution < 1.29 is 4.79 Å². The number of rotatable bonds is 2. The first-order valence-corrected chi connectivity index (χ1v) is 6.18. The monoisotopic (exact) mass is 296 g/mol. The predicted molar refractivity (Wildman–Crippen MR) is 69.1 cm³/mol. The number of carbonyl (C=O) groups is 1. The van der Waals surface area contributed by atoms with Gasteiger partial charge in [0.1, 0.15) is 0 Å². The third kappa shape index (κ3) is 2.32. The summed E-state index contributed by atoms with van der Waals surface area (Å²) >= 11 is 4.80. The molecule has 0 spiro atoms. The fraction of sp³-hybridized carbons (Fsp3) is 0. The molecule has 0 saturated heterocycles. The number of nitrogens with one attached hydrogen (secondary N) is 1. The van der Waals surface area contributed by atoms with Crippen molar-refractivity contribution in [1.82, 2.24) is 5.43 Å². The number of carbonyl (C=O) groups excluding carboxylic acids is 1. The van der Waals surface area contributed by atoms with Gasteiger partial charge >= 0.3 is 0 Å². The summed E-state index contributed by atoms with van der Waals surface area (Å²) in [5.41, 5.74) is 3.21. The molecule has 16 heavy (non-hydrogen) atoms. The molecular formula is C11H9BrN2OS. The zero-order chi connectivity index (χ0) is 11.5. The van der Waals surface area contributed by atoms with Gasteiger partial charge in [-0.15, -0.1) is 11.3 Å². The van der Waals surface area contributed by atoms with E-state index in [1.165, 1.54) is 11.3 Å². The van der Waals surface area contributed by atoms with E-state index in [0.29, 0.717) is 4.88 Å². The van der Waals surface area contributed by atoms with Crippen LogP contribution in [0.2, 0.25) is 0 Å². The second-order valence-electron chi connectivity index (χ2n) is 3.14. The summed E-state index contributed by atoms with van der Waals surface area (Å²) in [5, 5.41) is 0. The van der Waals surface area contributed by atoms with Gasteiger partial charge in [-0.25, -0.2) is 5.84 Å². The second-order valence-corrected chi connectivity index (χ2v) is 5.14. The Hall–Kier alpha value is -1.17. The van der Waals surface area contributed by atoms with Gasteiger partial charge in [-0.2, -0.15) is 0 Å². The molecule has 82 valence electrons. The summed E-state index contributed by atoms with van der Waals surface area (Å²) in [6.45, 7) is 0. The van der Waals surface area contributed by atoms with E-state index in [0.717, 1.165) is 14.9 Å². The van der Waals surface area contributed by atoms with Crippen LogP contribution in [0.1, 0.15) is 9.67 Å². The van der Waals surface area contributed by atoms with Crippen LogP contribution >= 0.6 is 27.3 Å². The van der Waals surface area contributed by atoms with Crippen LogP contribution in [0.4, 0.5) is 0 Å². The molecule has 0 fully saturated rings. The number of nitrogens with two attached hydrogens (primary N) is 1. The van der Waals surface area contributed by atoms with Gasteiger partial charge < -0.3 is 0 Å². The van der Waals surface area contributed by atoms with Crippen molar-refractivity contribution in [1.29, 1.82) is 0 Å². The van der Waals surface area contributed by atoms with E-state index in [1.807, 2.05) is 30.3 Å². The SMILES string of the molecule is NNC(=O)c1ccc(-c2ccc(Br)cc2)s1. The molecule has 2 aromatic rings. The van der Waals surface area contributed by atoms with E-state index in [2.05, 4.69) is 21.4 Å². The lowest BCUT2D eigenvalue weighted by Crippen LogP contribution is -2.29. The molecule has 3 nitrogen and oxygen atoms in total. The van der Waals surface area contributed by atoms with Crippen LogP contribution in [0, 0.1) is 0 Å². The first-order chi connectivity index (χ1) is 7.70. The Kier molecular flexibility index (Phi) is 3.38. The van der Waals surface area contributed by atoms with E-state index < -0.39 is 0 Å². The van der Waals surface area contributed by atoms with Gasteiger partial charge in [-0.3, -0.25) is 10.2 Å². The largest absolute Gasteiger partial charge is 0.289 e. The summed E-state index contributed by atoms with van der Waals surface area (Å²) in [6.07, 6.45) is 0. The zero-order valence-electron chi connectivity index (χ0n) is 8.24. The van der Waals surface area contributed by atoms with E-state index in [9.17, 15) is 4.79 Å². The maximum Gasteiger partial charge on any atom is 0.275 e. The Morgan fingerprint density at radius 1 is 1.19 bits per heavy atom. The van der Waals surface area contributed by atoms with E-state index in [-0.39, 0.29) is 5.91 Å². The highest BCUT2D eigenvalue weighted by atomic mass is 79.9. The number of hydrogen-bond donors (Lipinski definition) is 2. The number of hydrogen-bond acceptors (Lipinski definition) is 3. The topological polar surface area (TPSA) is 55.1 Å². The molecule has 0 aliphatic rings. The van der Waals surface area contributed by atoms with Crippen molar-refractivity contribution in [2.24, 2.45) is 5.84 Å². The predicted octanol–water partition coefficient (Wildman–Crippen LogP) is 2.78. The Morgan fingerprint density at radius 2 is 1.88 bits per heavy atom. The lowest BCUT2D eigenvalue weighted by atomic mass is 10.2. The molecule has 1 aromatic carbocycles. The van der Waals surface area contributed by atoms with Crippen molar-refractivity contribution >= 4 is 33.2 Å². The smallest absolute Gasteiger partial charge is 0.275 e. The molecule has 3 N–H and O–H groups in total. The minimum absolute atomic E-state index is 0.256. The van der Waals surface area contributed by atoms with E-state index >= 15 is 0 Å².